The van der Waals surface area contributed by atoms with E-state index in [2.05, 4.69) is 67.8 Å². The van der Waals surface area contributed by atoms with Crippen LogP contribution in [0.15, 0.2) is 6.07 Å². The normalized spacial score (nSPS) is 15.2. The Bertz CT molecular complexity index is 793. The lowest BCUT2D eigenvalue weighted by Gasteiger charge is -2.20. The zero-order chi connectivity index (χ0) is 20.3. The Morgan fingerprint density at radius 2 is 1.67 bits per heavy atom. The number of Topliss-reactive ketones (excluding diaryl/α,β-unsaturated/α-hetero) is 1. The average molecular weight is 709 g/mol. The highest BCUT2D eigenvalue weighted by Crippen LogP contribution is 2.31. The number of carbonyl (C=O) groups excluding carboxylic acids is 4. The SMILES string of the molecule is CCC(Cc1c(I)cc(I)c(CC(C)=O)c1I)C(=O)ON1C(=O)CCC1=O. The molecule has 27 heavy (non-hydrogen) atoms. The van der Waals surface area contributed by atoms with Crippen LogP contribution in [0.3, 0.4) is 0 Å². The van der Waals surface area contributed by atoms with Gasteiger partial charge in [0.15, 0.2) is 0 Å². The van der Waals surface area contributed by atoms with Gasteiger partial charge in [-0.2, -0.15) is 0 Å². The summed E-state index contributed by atoms with van der Waals surface area (Å²) in [6, 6.07) is 2.00. The fourth-order valence-corrected chi connectivity index (χ4v) is 6.93. The highest BCUT2D eigenvalue weighted by molar-refractivity contribution is 14.1. The van der Waals surface area contributed by atoms with Gasteiger partial charge >= 0.3 is 5.97 Å². The predicted octanol–water partition coefficient (Wildman–Crippen LogP) is 3.81. The van der Waals surface area contributed by atoms with Crippen molar-refractivity contribution in [2.75, 3.05) is 0 Å². The number of hydrogen-bond acceptors (Lipinski definition) is 5. The molecule has 0 radical (unpaired) electrons. The Balaban J connectivity index is 2.25. The third kappa shape index (κ3) is 5.61. The van der Waals surface area contributed by atoms with Gasteiger partial charge in [0.05, 0.1) is 5.92 Å². The molecule has 1 atom stereocenters. The fourth-order valence-electron chi connectivity index (χ4n) is 2.74. The van der Waals surface area contributed by atoms with Gasteiger partial charge in [-0.3, -0.25) is 14.4 Å². The molecule has 0 aromatic heterocycles. The first-order valence-electron chi connectivity index (χ1n) is 8.37. The van der Waals surface area contributed by atoms with Crippen molar-refractivity contribution in [1.29, 1.82) is 0 Å². The maximum absolute atomic E-state index is 12.5. The number of rotatable bonds is 7. The Labute approximate surface area is 198 Å². The molecule has 1 aliphatic rings. The molecule has 1 fully saturated rings. The van der Waals surface area contributed by atoms with Gasteiger partial charge in [-0.15, -0.1) is 5.06 Å². The summed E-state index contributed by atoms with van der Waals surface area (Å²) in [5.41, 5.74) is 1.95. The summed E-state index contributed by atoms with van der Waals surface area (Å²) < 4.78 is 3.00. The van der Waals surface area contributed by atoms with Gasteiger partial charge in [0.2, 0.25) is 0 Å². The van der Waals surface area contributed by atoms with Crippen LogP contribution in [0.1, 0.15) is 44.2 Å². The Hall–Kier alpha value is -0.310. The molecule has 1 unspecified atom stereocenters. The van der Waals surface area contributed by atoms with Gasteiger partial charge in [0.25, 0.3) is 11.8 Å². The summed E-state index contributed by atoms with van der Waals surface area (Å²) in [5, 5.41) is 0.593. The number of halogens is 3. The monoisotopic (exact) mass is 709 g/mol. The predicted molar refractivity (Wildman–Crippen MR) is 124 cm³/mol. The van der Waals surface area contributed by atoms with Crippen LogP contribution in [0.4, 0.5) is 0 Å². The maximum Gasteiger partial charge on any atom is 0.336 e. The minimum atomic E-state index is -0.584. The third-order valence-electron chi connectivity index (χ3n) is 4.25. The van der Waals surface area contributed by atoms with Crippen molar-refractivity contribution in [2.24, 2.45) is 5.92 Å². The molecule has 0 saturated carbocycles. The molecule has 1 aromatic carbocycles. The third-order valence-corrected chi connectivity index (χ3v) is 7.48. The van der Waals surface area contributed by atoms with Crippen LogP contribution in [-0.4, -0.2) is 28.6 Å². The van der Waals surface area contributed by atoms with Crippen molar-refractivity contribution >= 4 is 91.3 Å². The van der Waals surface area contributed by atoms with E-state index in [1.165, 1.54) is 0 Å². The number of benzene rings is 1. The van der Waals surface area contributed by atoms with Crippen molar-refractivity contribution in [3.05, 3.63) is 27.9 Å². The van der Waals surface area contributed by atoms with Crippen LogP contribution in [-0.2, 0) is 36.9 Å². The van der Waals surface area contributed by atoms with Gasteiger partial charge in [-0.25, -0.2) is 4.79 Å². The number of carbonyl (C=O) groups is 4. The molecule has 0 bridgehead atoms. The first kappa shape index (κ1) is 23.0. The number of amides is 2. The topological polar surface area (TPSA) is 80.8 Å². The Kier molecular flexibility index (Phi) is 8.46. The minimum absolute atomic E-state index is 0.0736. The van der Waals surface area contributed by atoms with E-state index in [0.717, 1.165) is 21.8 Å². The number of imide groups is 1. The second-order valence-corrected chi connectivity index (χ2v) is 9.69. The van der Waals surface area contributed by atoms with Crippen molar-refractivity contribution in [1.82, 2.24) is 5.06 Å². The lowest BCUT2D eigenvalue weighted by molar-refractivity contribution is -0.200. The van der Waals surface area contributed by atoms with Gasteiger partial charge in [0, 0.05) is 30.0 Å². The summed E-state index contributed by atoms with van der Waals surface area (Å²) in [6.45, 7) is 3.42. The molecule has 0 aliphatic carbocycles. The lowest BCUT2D eigenvalue weighted by atomic mass is 9.95. The van der Waals surface area contributed by atoms with Gasteiger partial charge < -0.3 is 4.84 Å². The molecule has 1 aromatic rings. The lowest BCUT2D eigenvalue weighted by Crippen LogP contribution is -2.35. The van der Waals surface area contributed by atoms with E-state index in [-0.39, 0.29) is 18.6 Å². The van der Waals surface area contributed by atoms with E-state index in [4.69, 9.17) is 4.84 Å². The largest absolute Gasteiger partial charge is 0.336 e. The first-order chi connectivity index (χ1) is 12.6. The Morgan fingerprint density at radius 1 is 1.11 bits per heavy atom. The molecule has 0 spiro atoms. The molecular formula is C18H18I3NO5. The van der Waals surface area contributed by atoms with Crippen LogP contribution in [0.25, 0.3) is 0 Å². The highest BCUT2D eigenvalue weighted by Gasteiger charge is 2.35. The molecule has 2 amide bonds. The average Bonchev–Trinajstić information content (AvgIpc) is 2.90. The van der Waals surface area contributed by atoms with Crippen molar-refractivity contribution in [2.45, 2.75) is 46.0 Å². The van der Waals surface area contributed by atoms with Crippen molar-refractivity contribution < 1.29 is 24.0 Å². The van der Waals surface area contributed by atoms with Crippen molar-refractivity contribution in [3.8, 4) is 0 Å². The second kappa shape index (κ2) is 9.94. The first-order valence-corrected chi connectivity index (χ1v) is 11.6. The van der Waals surface area contributed by atoms with Crippen LogP contribution in [0.2, 0.25) is 0 Å². The van der Waals surface area contributed by atoms with E-state index in [1.54, 1.807) is 6.92 Å². The Morgan fingerprint density at radius 3 is 2.19 bits per heavy atom. The summed E-state index contributed by atoms with van der Waals surface area (Å²) in [5.74, 6) is -1.95. The van der Waals surface area contributed by atoms with E-state index in [1.807, 2.05) is 13.0 Å². The smallest absolute Gasteiger partial charge is 0.330 e. The maximum atomic E-state index is 12.5. The van der Waals surface area contributed by atoms with E-state index >= 15 is 0 Å². The van der Waals surface area contributed by atoms with Crippen LogP contribution < -0.4 is 0 Å². The number of nitrogens with zero attached hydrogens (tertiary/aromatic N) is 1. The second-order valence-electron chi connectivity index (χ2n) is 6.29. The van der Waals surface area contributed by atoms with Crippen LogP contribution in [0, 0.1) is 16.6 Å². The van der Waals surface area contributed by atoms with Gasteiger partial charge in [0.1, 0.15) is 5.78 Å². The molecule has 1 heterocycles. The summed E-state index contributed by atoms with van der Waals surface area (Å²) in [4.78, 5) is 52.6. The quantitative estimate of drug-likeness (QED) is 0.318. The van der Waals surface area contributed by atoms with Gasteiger partial charge in [-0.1, -0.05) is 6.92 Å². The summed E-state index contributed by atoms with van der Waals surface area (Å²) in [7, 11) is 0. The molecule has 6 nitrogen and oxygen atoms in total. The molecule has 1 aliphatic heterocycles. The van der Waals surface area contributed by atoms with Crippen molar-refractivity contribution in [3.63, 3.8) is 0 Å². The molecule has 0 N–H and O–H groups in total. The standard InChI is InChI=1S/C18H18I3NO5/c1-3-10(18(26)27-22-15(24)4-5-16(22)25)7-12-14(20)8-13(19)11(17(12)21)6-9(2)23/h8,10H,3-7H2,1-2H3. The van der Waals surface area contributed by atoms with E-state index < -0.39 is 23.7 Å². The van der Waals surface area contributed by atoms with Crippen LogP contribution in [0.5, 0.6) is 0 Å². The molecule has 9 heteroatoms. The van der Waals surface area contributed by atoms with E-state index in [9.17, 15) is 19.2 Å². The number of ketones is 1. The fraction of sp³-hybridized carbons (Fsp3) is 0.444. The summed E-state index contributed by atoms with van der Waals surface area (Å²) >= 11 is 6.67. The number of hydroxylamine groups is 2. The van der Waals surface area contributed by atoms with Crippen LogP contribution >= 0.6 is 67.8 Å². The van der Waals surface area contributed by atoms with E-state index in [0.29, 0.717) is 24.3 Å². The molecular weight excluding hydrogens is 691 g/mol. The zero-order valence-corrected chi connectivity index (χ0v) is 21.3. The molecule has 1 saturated heterocycles. The zero-order valence-electron chi connectivity index (χ0n) is 14.8. The minimum Gasteiger partial charge on any atom is -0.330 e. The molecule has 2 rings (SSSR count). The molecule has 146 valence electrons. The highest BCUT2D eigenvalue weighted by atomic mass is 127. The van der Waals surface area contributed by atoms with Gasteiger partial charge in [-0.05, 0) is 105 Å². The number of hydrogen-bond donors (Lipinski definition) is 0. The summed E-state index contributed by atoms with van der Waals surface area (Å²) in [6.07, 6.45) is 1.42.